The maximum Gasteiger partial charge on any atom is 0.258 e. The van der Waals surface area contributed by atoms with Crippen molar-refractivity contribution in [3.05, 3.63) is 76.9 Å². The number of halogens is 1. The molecule has 5 heteroatoms. The first-order chi connectivity index (χ1) is 13.7. The van der Waals surface area contributed by atoms with E-state index in [1.165, 1.54) is 30.7 Å². The number of rotatable bonds is 4. The van der Waals surface area contributed by atoms with Crippen molar-refractivity contribution in [1.29, 1.82) is 0 Å². The Kier molecular flexibility index (Phi) is 4.77. The second-order valence-corrected chi connectivity index (χ2v) is 8.43. The summed E-state index contributed by atoms with van der Waals surface area (Å²) >= 11 is 0. The Morgan fingerprint density at radius 2 is 1.97 bits per heavy atom. The predicted molar refractivity (Wildman–Crippen MR) is 115 cm³/mol. The van der Waals surface area contributed by atoms with Crippen LogP contribution >= 0.6 is 0 Å². The summed E-state index contributed by atoms with van der Waals surface area (Å²) in [5.41, 5.74) is 2.47. The van der Waals surface area contributed by atoms with Gasteiger partial charge in [-0.05, 0) is 49.4 Å². The molecule has 0 aliphatic carbocycles. The lowest BCUT2D eigenvalue weighted by molar-refractivity contribution is 0.214. The fourth-order valence-electron chi connectivity index (χ4n) is 3.86. The quantitative estimate of drug-likeness (QED) is 0.636. The van der Waals surface area contributed by atoms with Gasteiger partial charge in [0, 0.05) is 36.6 Å². The van der Waals surface area contributed by atoms with Gasteiger partial charge in [-0.2, -0.15) is 0 Å². The van der Waals surface area contributed by atoms with E-state index in [4.69, 9.17) is 0 Å². The molecule has 0 bridgehead atoms. The molecular weight excluding hydrogens is 365 g/mol. The Morgan fingerprint density at radius 1 is 1.24 bits per heavy atom. The van der Waals surface area contributed by atoms with Crippen molar-refractivity contribution in [2.45, 2.75) is 32.9 Å². The van der Waals surface area contributed by atoms with Crippen LogP contribution in [0.2, 0.25) is 0 Å². The maximum atomic E-state index is 14.5. The molecular formula is C24H26FN3O. The highest BCUT2D eigenvalue weighted by atomic mass is 19.1. The number of nitrogens with zero attached hydrogens (tertiary/aromatic N) is 3. The lowest BCUT2D eigenvalue weighted by atomic mass is 10.0. The number of hydrogen-bond donors (Lipinski definition) is 0. The van der Waals surface area contributed by atoms with Gasteiger partial charge >= 0.3 is 0 Å². The molecule has 1 fully saturated rings. The maximum absolute atomic E-state index is 14.5. The number of fused-ring (bicyclic) bond motifs is 1. The van der Waals surface area contributed by atoms with Crippen molar-refractivity contribution in [1.82, 2.24) is 14.3 Å². The number of benzene rings is 1. The number of aromatic nitrogens is 2. The topological polar surface area (TPSA) is 37.6 Å². The number of likely N-dealkylation sites (tertiary alicyclic amines) is 1. The Balaban J connectivity index is 1.74. The second kappa shape index (κ2) is 7.14. The second-order valence-electron chi connectivity index (χ2n) is 8.43. The minimum atomic E-state index is -1.69. The summed E-state index contributed by atoms with van der Waals surface area (Å²) in [4.78, 5) is 19.3. The summed E-state index contributed by atoms with van der Waals surface area (Å²) < 4.78 is 15.9. The fourth-order valence-corrected chi connectivity index (χ4v) is 3.86. The summed E-state index contributed by atoms with van der Waals surface area (Å²) in [6.45, 7) is 11.4. The average molecular weight is 391 g/mol. The molecule has 4 nitrogen and oxygen atoms in total. The largest absolute Gasteiger partial charge is 0.371 e. The molecule has 1 atom stereocenters. The van der Waals surface area contributed by atoms with Gasteiger partial charge in [-0.25, -0.2) is 9.37 Å². The van der Waals surface area contributed by atoms with E-state index in [0.29, 0.717) is 11.6 Å². The van der Waals surface area contributed by atoms with Crippen LogP contribution < -0.4 is 5.56 Å². The van der Waals surface area contributed by atoms with E-state index < -0.39 is 5.67 Å². The summed E-state index contributed by atoms with van der Waals surface area (Å²) in [7, 11) is 0. The molecule has 0 spiro atoms. The minimum Gasteiger partial charge on any atom is -0.371 e. The van der Waals surface area contributed by atoms with E-state index in [1.807, 2.05) is 36.4 Å². The normalized spacial score (nSPS) is 17.1. The van der Waals surface area contributed by atoms with Crippen molar-refractivity contribution in [2.75, 3.05) is 13.1 Å². The van der Waals surface area contributed by atoms with Crippen molar-refractivity contribution in [3.63, 3.8) is 0 Å². The lowest BCUT2D eigenvalue weighted by Gasteiger charge is -2.21. The van der Waals surface area contributed by atoms with Crippen LogP contribution in [0.5, 0.6) is 0 Å². The molecule has 0 saturated carbocycles. The first-order valence-corrected chi connectivity index (χ1v) is 10.0. The smallest absolute Gasteiger partial charge is 0.258 e. The van der Waals surface area contributed by atoms with Crippen molar-refractivity contribution >= 4 is 11.3 Å². The number of alkyl halides is 1. The highest BCUT2D eigenvalue weighted by Gasteiger charge is 2.23. The SMILES string of the molecule is C=C(c1ccc(-c2cccn3c(=O)cc(C(C)(C)F)nc23)cc1)N1CC[C@H](C)C1. The van der Waals surface area contributed by atoms with Crippen molar-refractivity contribution < 1.29 is 4.39 Å². The van der Waals surface area contributed by atoms with E-state index in [1.54, 1.807) is 6.20 Å². The molecule has 4 rings (SSSR count). The molecule has 1 aliphatic heterocycles. The number of hydrogen-bond acceptors (Lipinski definition) is 3. The molecule has 2 aromatic heterocycles. The van der Waals surface area contributed by atoms with Crippen molar-refractivity contribution in [2.24, 2.45) is 5.92 Å². The molecule has 0 N–H and O–H groups in total. The highest BCUT2D eigenvalue weighted by Crippen LogP contribution is 2.29. The van der Waals surface area contributed by atoms with Crippen LogP contribution in [-0.2, 0) is 5.67 Å². The van der Waals surface area contributed by atoms with Crippen LogP contribution in [0.4, 0.5) is 4.39 Å². The van der Waals surface area contributed by atoms with Crippen LogP contribution in [0.15, 0.2) is 60.0 Å². The van der Waals surface area contributed by atoms with E-state index in [0.717, 1.165) is 35.5 Å². The van der Waals surface area contributed by atoms with Crippen LogP contribution in [0.25, 0.3) is 22.5 Å². The Bertz CT molecular complexity index is 1130. The molecule has 1 aromatic carbocycles. The lowest BCUT2D eigenvalue weighted by Crippen LogP contribution is -2.21. The zero-order chi connectivity index (χ0) is 20.8. The first kappa shape index (κ1) is 19.4. The van der Waals surface area contributed by atoms with Gasteiger partial charge < -0.3 is 4.90 Å². The van der Waals surface area contributed by atoms with E-state index >= 15 is 0 Å². The molecule has 1 saturated heterocycles. The molecule has 150 valence electrons. The molecule has 3 aromatic rings. The predicted octanol–water partition coefficient (Wildman–Crippen LogP) is 4.88. The van der Waals surface area contributed by atoms with Crippen LogP contribution in [0, 0.1) is 5.92 Å². The minimum absolute atomic E-state index is 0.142. The molecule has 3 heterocycles. The molecule has 29 heavy (non-hydrogen) atoms. The third kappa shape index (κ3) is 3.69. The van der Waals surface area contributed by atoms with E-state index in [9.17, 15) is 9.18 Å². The molecule has 0 radical (unpaired) electrons. The zero-order valence-corrected chi connectivity index (χ0v) is 17.2. The van der Waals surface area contributed by atoms with Gasteiger partial charge in [-0.3, -0.25) is 9.20 Å². The Morgan fingerprint density at radius 3 is 2.59 bits per heavy atom. The Hall–Kier alpha value is -2.95. The van der Waals surface area contributed by atoms with Crippen LogP contribution in [-0.4, -0.2) is 27.4 Å². The molecule has 0 amide bonds. The molecule has 0 unspecified atom stereocenters. The summed E-state index contributed by atoms with van der Waals surface area (Å²) in [6, 6.07) is 13.1. The van der Waals surface area contributed by atoms with Gasteiger partial charge in [0.15, 0.2) is 0 Å². The third-order valence-electron chi connectivity index (χ3n) is 5.63. The van der Waals surface area contributed by atoms with E-state index in [2.05, 4.69) is 23.4 Å². The fraction of sp³-hybridized carbons (Fsp3) is 0.333. The van der Waals surface area contributed by atoms with Crippen LogP contribution in [0.3, 0.4) is 0 Å². The zero-order valence-electron chi connectivity index (χ0n) is 17.2. The van der Waals surface area contributed by atoms with Gasteiger partial charge in [0.25, 0.3) is 5.56 Å². The summed E-state index contributed by atoms with van der Waals surface area (Å²) in [5, 5.41) is 0. The van der Waals surface area contributed by atoms with Gasteiger partial charge in [0.2, 0.25) is 0 Å². The van der Waals surface area contributed by atoms with Gasteiger partial charge in [0.1, 0.15) is 11.3 Å². The summed E-state index contributed by atoms with van der Waals surface area (Å²) in [6.07, 6.45) is 2.86. The average Bonchev–Trinajstić information content (AvgIpc) is 3.13. The number of pyridine rings is 1. The van der Waals surface area contributed by atoms with Crippen LogP contribution in [0.1, 0.15) is 38.4 Å². The third-order valence-corrected chi connectivity index (χ3v) is 5.63. The van der Waals surface area contributed by atoms with Gasteiger partial charge in [-0.1, -0.05) is 37.8 Å². The summed E-state index contributed by atoms with van der Waals surface area (Å²) in [5.74, 6) is 0.694. The van der Waals surface area contributed by atoms with Crippen molar-refractivity contribution in [3.8, 4) is 11.1 Å². The van der Waals surface area contributed by atoms with Gasteiger partial charge in [0.05, 0.1) is 5.69 Å². The molecule has 1 aliphatic rings. The Labute approximate surface area is 170 Å². The van der Waals surface area contributed by atoms with E-state index in [-0.39, 0.29) is 11.3 Å². The first-order valence-electron chi connectivity index (χ1n) is 10.0. The standard InChI is InChI=1S/C24H26FN3O/c1-16-11-13-27(15-16)17(2)18-7-9-19(10-8-18)20-6-5-12-28-22(29)14-21(24(3,4)25)26-23(20)28/h5-10,12,14,16H,2,11,13,15H2,1,3-4H3/t16-/m0/s1. The highest BCUT2D eigenvalue weighted by molar-refractivity contribution is 5.78. The monoisotopic (exact) mass is 391 g/mol. The van der Waals surface area contributed by atoms with Gasteiger partial charge in [-0.15, -0.1) is 0 Å².